The number of ether oxygens (including phenoxy) is 1. The summed E-state index contributed by atoms with van der Waals surface area (Å²) in [7, 11) is 0. The second kappa shape index (κ2) is 4.34. The van der Waals surface area contributed by atoms with Crippen LogP contribution in [-0.4, -0.2) is 21.1 Å². The number of nitrogens with zero attached hydrogens (tertiary/aromatic N) is 2. The summed E-state index contributed by atoms with van der Waals surface area (Å²) in [6, 6.07) is 1.34. The van der Waals surface area contributed by atoms with Gasteiger partial charge in [-0.1, -0.05) is 0 Å². The van der Waals surface area contributed by atoms with Crippen molar-refractivity contribution in [2.45, 2.75) is 32.9 Å². The largest absolute Gasteiger partial charge is 0.459 e. The normalized spacial score (nSPS) is 11.2. The van der Waals surface area contributed by atoms with Crippen molar-refractivity contribution >= 4 is 11.7 Å². The molecule has 0 bridgehead atoms. The van der Waals surface area contributed by atoms with E-state index in [2.05, 4.69) is 0 Å². The first-order chi connectivity index (χ1) is 7.28. The molecule has 16 heavy (non-hydrogen) atoms. The molecule has 0 aliphatic rings. The second-order valence-corrected chi connectivity index (χ2v) is 4.39. The fourth-order valence-electron chi connectivity index (χ4n) is 1.16. The van der Waals surface area contributed by atoms with Crippen LogP contribution in [0.4, 0.5) is 5.69 Å². The number of hydrogen-bond acceptors (Lipinski definition) is 4. The molecule has 0 unspecified atom stereocenters. The maximum atomic E-state index is 11.4. The molecule has 0 amide bonds. The summed E-state index contributed by atoms with van der Waals surface area (Å²) in [4.78, 5) is 21.3. The standard InChI is InChI=1S/C10H14N2O4/c1-10(2,3)16-9(13)7-11-5-4-8(6-11)12(14)15/h4-6H,7H2,1-3H3. The third kappa shape index (κ3) is 3.72. The molecule has 0 spiro atoms. The van der Waals surface area contributed by atoms with E-state index in [9.17, 15) is 14.9 Å². The van der Waals surface area contributed by atoms with Crippen molar-refractivity contribution in [2.75, 3.05) is 0 Å². The minimum absolute atomic E-state index is 0.0227. The van der Waals surface area contributed by atoms with E-state index in [1.54, 1.807) is 20.8 Å². The van der Waals surface area contributed by atoms with Gasteiger partial charge in [-0.25, -0.2) is 0 Å². The fourth-order valence-corrected chi connectivity index (χ4v) is 1.16. The number of carbonyl (C=O) groups is 1. The Labute approximate surface area is 93.0 Å². The number of esters is 1. The molecule has 0 fully saturated rings. The van der Waals surface area contributed by atoms with E-state index in [4.69, 9.17) is 4.74 Å². The van der Waals surface area contributed by atoms with E-state index < -0.39 is 16.5 Å². The predicted octanol–water partition coefficient (Wildman–Crippen LogP) is 1.74. The first-order valence-corrected chi connectivity index (χ1v) is 4.80. The highest BCUT2D eigenvalue weighted by Gasteiger charge is 2.17. The highest BCUT2D eigenvalue weighted by molar-refractivity contribution is 5.69. The van der Waals surface area contributed by atoms with Crippen LogP contribution in [0.25, 0.3) is 0 Å². The Morgan fingerprint density at radius 1 is 1.56 bits per heavy atom. The summed E-state index contributed by atoms with van der Waals surface area (Å²) in [5, 5.41) is 10.4. The van der Waals surface area contributed by atoms with E-state index in [0.29, 0.717) is 0 Å². The Balaban J connectivity index is 2.60. The zero-order chi connectivity index (χ0) is 12.3. The number of nitro groups is 1. The van der Waals surface area contributed by atoms with Crippen molar-refractivity contribution in [3.05, 3.63) is 28.6 Å². The third-order valence-electron chi connectivity index (χ3n) is 1.68. The molecule has 1 heterocycles. The topological polar surface area (TPSA) is 74.4 Å². The molecule has 0 N–H and O–H groups in total. The molecule has 6 heteroatoms. The zero-order valence-corrected chi connectivity index (χ0v) is 9.47. The van der Waals surface area contributed by atoms with E-state index in [0.717, 1.165) is 0 Å². The van der Waals surface area contributed by atoms with Crippen LogP contribution in [0.1, 0.15) is 20.8 Å². The van der Waals surface area contributed by atoms with Gasteiger partial charge >= 0.3 is 5.97 Å². The van der Waals surface area contributed by atoms with Crippen molar-refractivity contribution < 1.29 is 14.5 Å². The molecule has 0 aromatic carbocycles. The molecule has 1 aromatic heterocycles. The summed E-state index contributed by atoms with van der Waals surface area (Å²) in [6.07, 6.45) is 2.77. The van der Waals surface area contributed by atoms with Crippen LogP contribution in [0, 0.1) is 10.1 Å². The van der Waals surface area contributed by atoms with Crippen LogP contribution < -0.4 is 0 Å². The predicted molar refractivity (Wildman–Crippen MR) is 56.9 cm³/mol. The summed E-state index contributed by atoms with van der Waals surface area (Å²) in [5.41, 5.74) is -0.584. The Bertz CT molecular complexity index is 403. The Morgan fingerprint density at radius 3 is 2.62 bits per heavy atom. The lowest BCUT2D eigenvalue weighted by atomic mass is 10.2. The molecule has 1 aromatic rings. The van der Waals surface area contributed by atoms with Gasteiger partial charge in [0, 0.05) is 12.3 Å². The lowest BCUT2D eigenvalue weighted by molar-refractivity contribution is -0.384. The molecule has 0 saturated carbocycles. The SMILES string of the molecule is CC(C)(C)OC(=O)Cn1ccc([N+](=O)[O-])c1. The van der Waals surface area contributed by atoms with Gasteiger partial charge in [0.25, 0.3) is 5.69 Å². The van der Waals surface area contributed by atoms with Crippen LogP contribution in [-0.2, 0) is 16.1 Å². The maximum absolute atomic E-state index is 11.4. The summed E-state index contributed by atoms with van der Waals surface area (Å²) in [6.45, 7) is 5.28. The van der Waals surface area contributed by atoms with Gasteiger partial charge in [-0.15, -0.1) is 0 Å². The molecular formula is C10H14N2O4. The van der Waals surface area contributed by atoms with Gasteiger partial charge < -0.3 is 9.30 Å². The highest BCUT2D eigenvalue weighted by Crippen LogP contribution is 2.12. The highest BCUT2D eigenvalue weighted by atomic mass is 16.6. The minimum Gasteiger partial charge on any atom is -0.459 e. The van der Waals surface area contributed by atoms with E-state index in [-0.39, 0.29) is 12.2 Å². The number of rotatable bonds is 3. The van der Waals surface area contributed by atoms with Gasteiger partial charge in [0.15, 0.2) is 0 Å². The van der Waals surface area contributed by atoms with Gasteiger partial charge in [0.2, 0.25) is 0 Å². The molecule has 1 rings (SSSR count). The first kappa shape index (κ1) is 12.2. The minimum atomic E-state index is -0.545. The molecule has 6 nitrogen and oxygen atoms in total. The van der Waals surface area contributed by atoms with Crippen molar-refractivity contribution in [1.29, 1.82) is 0 Å². The Kier molecular flexibility index (Phi) is 3.31. The second-order valence-electron chi connectivity index (χ2n) is 4.39. The molecule has 0 aliphatic carbocycles. The number of hydrogen-bond donors (Lipinski definition) is 0. The molecule has 0 radical (unpaired) electrons. The summed E-state index contributed by atoms with van der Waals surface area (Å²) in [5.74, 6) is -0.419. The maximum Gasteiger partial charge on any atom is 0.326 e. The first-order valence-electron chi connectivity index (χ1n) is 4.80. The van der Waals surface area contributed by atoms with Crippen molar-refractivity contribution in [3.8, 4) is 0 Å². The van der Waals surface area contributed by atoms with Crippen LogP contribution >= 0.6 is 0 Å². The molecule has 0 aliphatic heterocycles. The molecule has 0 atom stereocenters. The van der Waals surface area contributed by atoms with Crippen LogP contribution in [0.3, 0.4) is 0 Å². The Hall–Kier alpha value is -1.85. The summed E-state index contributed by atoms with van der Waals surface area (Å²) >= 11 is 0. The van der Waals surface area contributed by atoms with Crippen molar-refractivity contribution in [3.63, 3.8) is 0 Å². The van der Waals surface area contributed by atoms with Gasteiger partial charge in [-0.05, 0) is 20.8 Å². The fraction of sp³-hybridized carbons (Fsp3) is 0.500. The van der Waals surface area contributed by atoms with Crippen LogP contribution in [0.2, 0.25) is 0 Å². The average Bonchev–Trinajstić information content (AvgIpc) is 2.48. The van der Waals surface area contributed by atoms with E-state index >= 15 is 0 Å². The number of carbonyl (C=O) groups excluding carboxylic acids is 1. The van der Waals surface area contributed by atoms with Gasteiger partial charge in [-0.3, -0.25) is 14.9 Å². The zero-order valence-electron chi connectivity index (χ0n) is 9.47. The van der Waals surface area contributed by atoms with Gasteiger partial charge in [0.05, 0.1) is 11.1 Å². The van der Waals surface area contributed by atoms with Gasteiger partial charge in [0.1, 0.15) is 12.1 Å². The monoisotopic (exact) mass is 226 g/mol. The van der Waals surface area contributed by atoms with Crippen molar-refractivity contribution in [1.82, 2.24) is 4.57 Å². The molecule has 88 valence electrons. The Morgan fingerprint density at radius 2 is 2.19 bits per heavy atom. The molecular weight excluding hydrogens is 212 g/mol. The smallest absolute Gasteiger partial charge is 0.326 e. The molecule has 0 saturated heterocycles. The lowest BCUT2D eigenvalue weighted by Gasteiger charge is -2.19. The third-order valence-corrected chi connectivity index (χ3v) is 1.68. The lowest BCUT2D eigenvalue weighted by Crippen LogP contribution is -2.26. The van der Waals surface area contributed by atoms with Gasteiger partial charge in [-0.2, -0.15) is 0 Å². The van der Waals surface area contributed by atoms with Crippen molar-refractivity contribution in [2.24, 2.45) is 0 Å². The van der Waals surface area contributed by atoms with Crippen LogP contribution in [0.5, 0.6) is 0 Å². The van der Waals surface area contributed by atoms with E-state index in [1.807, 2.05) is 0 Å². The van der Waals surface area contributed by atoms with Crippen LogP contribution in [0.15, 0.2) is 18.5 Å². The quantitative estimate of drug-likeness (QED) is 0.447. The average molecular weight is 226 g/mol. The summed E-state index contributed by atoms with van der Waals surface area (Å²) < 4.78 is 6.50. The van der Waals surface area contributed by atoms with E-state index in [1.165, 1.54) is 23.0 Å². The number of aromatic nitrogens is 1.